The average molecular weight is 263 g/mol. The van der Waals surface area contributed by atoms with E-state index in [-0.39, 0.29) is 12.3 Å². The topological polar surface area (TPSA) is 68.1 Å². The minimum absolute atomic E-state index is 0.0797. The van der Waals surface area contributed by atoms with Crippen molar-refractivity contribution in [3.63, 3.8) is 0 Å². The van der Waals surface area contributed by atoms with E-state index in [1.807, 2.05) is 42.5 Å². The van der Waals surface area contributed by atoms with Crippen LogP contribution in [0, 0.1) is 0 Å². The van der Waals surface area contributed by atoms with Crippen LogP contribution in [0.1, 0.15) is 12.5 Å². The summed E-state index contributed by atoms with van der Waals surface area (Å²) < 4.78 is 5.27. The van der Waals surface area contributed by atoms with Crippen LogP contribution in [0.25, 0.3) is 6.08 Å². The van der Waals surface area contributed by atoms with Crippen LogP contribution in [0.2, 0.25) is 0 Å². The fraction of sp³-hybridized carbons (Fsp3) is 0.286. The smallest absolute Gasteiger partial charge is 0.353 e. The number of oxime groups is 1. The summed E-state index contributed by atoms with van der Waals surface area (Å²) in [6.07, 6.45) is 3.87. The Bertz CT molecular complexity index is 440. The Hall–Kier alpha value is -2.14. The van der Waals surface area contributed by atoms with Crippen LogP contribution in [0.4, 0.5) is 0 Å². The highest BCUT2D eigenvalue weighted by molar-refractivity contribution is 6.34. The number of aliphatic carboxylic acids is 1. The van der Waals surface area contributed by atoms with Crippen molar-refractivity contribution in [3.8, 4) is 0 Å². The molecule has 19 heavy (non-hydrogen) atoms. The number of ether oxygens (including phenoxy) is 1. The minimum Gasteiger partial charge on any atom is -0.477 e. The van der Waals surface area contributed by atoms with Crippen molar-refractivity contribution in [1.82, 2.24) is 0 Å². The molecule has 0 aliphatic carbocycles. The second-order valence-corrected chi connectivity index (χ2v) is 3.70. The zero-order chi connectivity index (χ0) is 13.9. The molecule has 1 N–H and O–H groups in total. The van der Waals surface area contributed by atoms with Gasteiger partial charge in [-0.05, 0) is 12.5 Å². The van der Waals surface area contributed by atoms with Crippen molar-refractivity contribution < 1.29 is 19.5 Å². The molecule has 0 saturated heterocycles. The molecule has 0 amide bonds. The molecule has 0 aliphatic heterocycles. The molecule has 0 radical (unpaired) electrons. The fourth-order valence-corrected chi connectivity index (χ4v) is 1.18. The minimum atomic E-state index is -1.09. The van der Waals surface area contributed by atoms with E-state index in [4.69, 9.17) is 14.7 Å². The predicted molar refractivity (Wildman–Crippen MR) is 73.0 cm³/mol. The van der Waals surface area contributed by atoms with Crippen molar-refractivity contribution in [1.29, 1.82) is 0 Å². The number of carbonyl (C=O) groups is 1. The molecule has 1 rings (SSSR count). The van der Waals surface area contributed by atoms with Gasteiger partial charge < -0.3 is 14.7 Å². The second kappa shape index (κ2) is 8.88. The molecular formula is C14H17NO4. The van der Waals surface area contributed by atoms with Gasteiger partial charge in [0.1, 0.15) is 6.61 Å². The van der Waals surface area contributed by atoms with Crippen molar-refractivity contribution in [3.05, 3.63) is 42.0 Å². The fourth-order valence-electron chi connectivity index (χ4n) is 1.18. The molecule has 0 bridgehead atoms. The molecule has 0 spiro atoms. The SMILES string of the molecule is C/C(=N\OCCOC/C=C/c1ccccc1)C(=O)O. The summed E-state index contributed by atoms with van der Waals surface area (Å²) in [5.74, 6) is -1.09. The van der Waals surface area contributed by atoms with Crippen LogP contribution in [0.3, 0.4) is 0 Å². The van der Waals surface area contributed by atoms with Gasteiger partial charge in [-0.2, -0.15) is 0 Å². The highest BCUT2D eigenvalue weighted by atomic mass is 16.6. The molecule has 5 nitrogen and oxygen atoms in total. The first-order valence-electron chi connectivity index (χ1n) is 5.89. The number of hydrogen-bond donors (Lipinski definition) is 1. The van der Waals surface area contributed by atoms with E-state index in [0.717, 1.165) is 5.56 Å². The van der Waals surface area contributed by atoms with Gasteiger partial charge in [0.15, 0.2) is 5.71 Å². The number of carboxylic acids is 1. The molecule has 0 aromatic heterocycles. The highest BCUT2D eigenvalue weighted by Gasteiger charge is 2.00. The molecule has 102 valence electrons. The predicted octanol–water partition coefficient (Wildman–Crippen LogP) is 2.19. The van der Waals surface area contributed by atoms with E-state index in [0.29, 0.717) is 13.2 Å². The largest absolute Gasteiger partial charge is 0.477 e. The molecule has 0 saturated carbocycles. The summed E-state index contributed by atoms with van der Waals surface area (Å²) in [5.41, 5.74) is 1.04. The van der Waals surface area contributed by atoms with Crippen LogP contribution >= 0.6 is 0 Å². The van der Waals surface area contributed by atoms with E-state index in [9.17, 15) is 4.79 Å². The number of rotatable bonds is 8. The van der Waals surface area contributed by atoms with E-state index >= 15 is 0 Å². The summed E-state index contributed by atoms with van der Waals surface area (Å²) in [6, 6.07) is 9.91. The van der Waals surface area contributed by atoms with E-state index in [1.165, 1.54) is 6.92 Å². The Morgan fingerprint density at radius 3 is 2.74 bits per heavy atom. The van der Waals surface area contributed by atoms with Crippen molar-refractivity contribution in [2.75, 3.05) is 19.8 Å². The third-order valence-electron chi connectivity index (χ3n) is 2.15. The lowest BCUT2D eigenvalue weighted by Crippen LogP contribution is -2.10. The Morgan fingerprint density at radius 2 is 2.05 bits per heavy atom. The average Bonchev–Trinajstić information content (AvgIpc) is 2.42. The quantitative estimate of drug-likeness (QED) is 0.443. The van der Waals surface area contributed by atoms with Gasteiger partial charge in [-0.3, -0.25) is 0 Å². The van der Waals surface area contributed by atoms with Crippen LogP contribution < -0.4 is 0 Å². The molecule has 0 fully saturated rings. The van der Waals surface area contributed by atoms with Crippen LogP contribution in [0.5, 0.6) is 0 Å². The summed E-state index contributed by atoms with van der Waals surface area (Å²) in [5, 5.41) is 11.9. The monoisotopic (exact) mass is 263 g/mol. The highest BCUT2D eigenvalue weighted by Crippen LogP contribution is 2.00. The Balaban J connectivity index is 2.07. The van der Waals surface area contributed by atoms with Gasteiger partial charge in [0.2, 0.25) is 0 Å². The molecule has 0 unspecified atom stereocenters. The maximum Gasteiger partial charge on any atom is 0.353 e. The van der Waals surface area contributed by atoms with Gasteiger partial charge in [-0.25, -0.2) is 4.79 Å². The lowest BCUT2D eigenvalue weighted by atomic mass is 10.2. The third-order valence-corrected chi connectivity index (χ3v) is 2.15. The molecule has 0 aliphatic rings. The van der Waals surface area contributed by atoms with Crippen molar-refractivity contribution in [2.45, 2.75) is 6.92 Å². The maximum absolute atomic E-state index is 10.4. The van der Waals surface area contributed by atoms with Gasteiger partial charge >= 0.3 is 5.97 Å². The normalized spacial score (nSPS) is 11.7. The molecule has 5 heteroatoms. The standard InChI is InChI=1S/C14H17NO4/c1-12(14(16)17)15-19-11-10-18-9-5-8-13-6-3-2-4-7-13/h2-8H,9-11H2,1H3,(H,16,17)/b8-5+,15-12+. The van der Waals surface area contributed by atoms with Gasteiger partial charge in [0.05, 0.1) is 13.2 Å². The molecule has 0 heterocycles. The molecular weight excluding hydrogens is 246 g/mol. The van der Waals surface area contributed by atoms with Gasteiger partial charge in [-0.1, -0.05) is 47.6 Å². The Kier molecular flexibility index (Phi) is 6.97. The van der Waals surface area contributed by atoms with E-state index in [1.54, 1.807) is 0 Å². The van der Waals surface area contributed by atoms with Crippen molar-refractivity contribution >= 4 is 17.8 Å². The zero-order valence-corrected chi connectivity index (χ0v) is 10.8. The summed E-state index contributed by atoms with van der Waals surface area (Å²) >= 11 is 0. The summed E-state index contributed by atoms with van der Waals surface area (Å²) in [6.45, 7) is 2.42. The number of hydrogen-bond acceptors (Lipinski definition) is 4. The molecule has 0 atom stereocenters. The zero-order valence-electron chi connectivity index (χ0n) is 10.8. The van der Waals surface area contributed by atoms with E-state index in [2.05, 4.69) is 5.16 Å². The number of nitrogens with zero attached hydrogens (tertiary/aromatic N) is 1. The molecule has 1 aromatic rings. The summed E-state index contributed by atoms with van der Waals surface area (Å²) in [4.78, 5) is 15.2. The van der Waals surface area contributed by atoms with Gasteiger partial charge in [0.25, 0.3) is 0 Å². The first-order chi connectivity index (χ1) is 9.20. The van der Waals surface area contributed by atoms with Crippen LogP contribution in [-0.2, 0) is 14.4 Å². The van der Waals surface area contributed by atoms with Gasteiger partial charge in [0, 0.05) is 0 Å². The Morgan fingerprint density at radius 1 is 1.32 bits per heavy atom. The maximum atomic E-state index is 10.4. The third kappa shape index (κ3) is 7.00. The number of benzene rings is 1. The Labute approximate surface area is 112 Å². The second-order valence-electron chi connectivity index (χ2n) is 3.70. The molecule has 1 aromatic carbocycles. The van der Waals surface area contributed by atoms with Crippen LogP contribution in [0.15, 0.2) is 41.6 Å². The first-order valence-corrected chi connectivity index (χ1v) is 5.89. The van der Waals surface area contributed by atoms with E-state index < -0.39 is 5.97 Å². The van der Waals surface area contributed by atoms with Crippen molar-refractivity contribution in [2.24, 2.45) is 5.16 Å². The lowest BCUT2D eigenvalue weighted by Gasteiger charge is -2.00. The first kappa shape index (κ1) is 14.9. The number of carboxylic acid groups (broad SMARTS) is 1. The summed E-state index contributed by atoms with van der Waals surface area (Å²) in [7, 11) is 0. The van der Waals surface area contributed by atoms with Gasteiger partial charge in [-0.15, -0.1) is 0 Å². The van der Waals surface area contributed by atoms with Crippen LogP contribution in [-0.4, -0.2) is 36.6 Å². The lowest BCUT2D eigenvalue weighted by molar-refractivity contribution is -0.129.